The Labute approximate surface area is 138 Å². The van der Waals surface area contributed by atoms with Crippen molar-refractivity contribution in [1.82, 2.24) is 16.0 Å². The molecule has 0 aromatic heterocycles. The lowest BCUT2D eigenvalue weighted by atomic mass is 9.80. The molecule has 23 heavy (non-hydrogen) atoms. The Morgan fingerprint density at radius 2 is 1.61 bits per heavy atom. The van der Waals surface area contributed by atoms with Gasteiger partial charge in [0.15, 0.2) is 0 Å². The highest BCUT2D eigenvalue weighted by molar-refractivity contribution is 7.90. The van der Waals surface area contributed by atoms with Crippen molar-refractivity contribution in [2.45, 2.75) is 70.5 Å². The molecule has 0 aromatic carbocycles. The molecular weight excluding hydrogens is 318 g/mol. The third-order valence-electron chi connectivity index (χ3n) is 3.84. The summed E-state index contributed by atoms with van der Waals surface area (Å²) in [6, 6.07) is -0.887. The molecule has 8 heteroatoms. The van der Waals surface area contributed by atoms with Crippen molar-refractivity contribution in [3.8, 4) is 0 Å². The molecule has 134 valence electrons. The van der Waals surface area contributed by atoms with Crippen LogP contribution in [0.15, 0.2) is 0 Å². The summed E-state index contributed by atoms with van der Waals surface area (Å²) < 4.78 is 22.7. The fourth-order valence-electron chi connectivity index (χ4n) is 2.94. The molecule has 0 aliphatic heterocycles. The molecule has 1 rings (SSSR count). The maximum Gasteiger partial charge on any atom is 0.315 e. The van der Waals surface area contributed by atoms with Gasteiger partial charge in [-0.2, -0.15) is 0 Å². The van der Waals surface area contributed by atoms with Crippen molar-refractivity contribution in [3.63, 3.8) is 0 Å². The number of nitrogens with one attached hydrogen (secondary N) is 3. The molecular formula is C15H29N3O4S. The van der Waals surface area contributed by atoms with E-state index in [0.717, 1.165) is 25.5 Å². The van der Waals surface area contributed by atoms with E-state index in [0.29, 0.717) is 12.8 Å². The molecule has 1 atom stereocenters. The Bertz CT molecular complexity index is 525. The Morgan fingerprint density at radius 1 is 1.04 bits per heavy atom. The first-order chi connectivity index (χ1) is 10.5. The Kier molecular flexibility index (Phi) is 6.85. The number of sulfone groups is 1. The van der Waals surface area contributed by atoms with Gasteiger partial charge >= 0.3 is 6.03 Å². The monoisotopic (exact) mass is 347 g/mol. The minimum atomic E-state index is -3.17. The van der Waals surface area contributed by atoms with E-state index in [-0.39, 0.29) is 23.7 Å². The number of hydrogen-bond donors (Lipinski definition) is 3. The van der Waals surface area contributed by atoms with Crippen LogP contribution in [0, 0.1) is 0 Å². The van der Waals surface area contributed by atoms with Gasteiger partial charge in [0.05, 0.1) is 5.75 Å². The number of amides is 3. The minimum Gasteiger partial charge on any atom is -0.351 e. The lowest BCUT2D eigenvalue weighted by Gasteiger charge is -2.37. The van der Waals surface area contributed by atoms with Crippen LogP contribution in [0.5, 0.6) is 0 Å². The lowest BCUT2D eigenvalue weighted by Crippen LogP contribution is -2.63. The van der Waals surface area contributed by atoms with Crippen molar-refractivity contribution >= 4 is 21.8 Å². The number of urea groups is 1. The standard InChI is InChI=1S/C15H29N3O4S/c1-11(2)16-14(20)18-15(8-6-5-7-9-15)13(19)17-12(3)10-23(4,21)22/h11-12H,5-10H2,1-4H3,(H,17,19)(H2,16,18,20). The smallest absolute Gasteiger partial charge is 0.315 e. The quantitative estimate of drug-likeness (QED) is 0.665. The molecule has 1 saturated carbocycles. The average molecular weight is 347 g/mol. The fourth-order valence-corrected chi connectivity index (χ4v) is 3.93. The van der Waals surface area contributed by atoms with Gasteiger partial charge in [-0.25, -0.2) is 13.2 Å². The second-order valence-corrected chi connectivity index (χ2v) is 9.05. The van der Waals surface area contributed by atoms with Crippen LogP contribution in [0.1, 0.15) is 52.9 Å². The number of carbonyl (C=O) groups is 2. The summed E-state index contributed by atoms with van der Waals surface area (Å²) in [5.41, 5.74) is -0.955. The maximum absolute atomic E-state index is 12.7. The summed E-state index contributed by atoms with van der Waals surface area (Å²) in [6.45, 7) is 5.35. The Balaban J connectivity index is 2.79. The van der Waals surface area contributed by atoms with Crippen LogP contribution in [-0.4, -0.2) is 50.0 Å². The molecule has 0 aromatic rings. The molecule has 0 heterocycles. The normalized spacial score (nSPS) is 19.0. The molecule has 0 radical (unpaired) electrons. The van der Waals surface area contributed by atoms with Crippen LogP contribution in [0.3, 0.4) is 0 Å². The van der Waals surface area contributed by atoms with Crippen LogP contribution >= 0.6 is 0 Å². The second kappa shape index (κ2) is 7.99. The first-order valence-corrected chi connectivity index (χ1v) is 10.2. The van der Waals surface area contributed by atoms with Gasteiger partial charge in [-0.1, -0.05) is 19.3 Å². The molecule has 3 amide bonds. The van der Waals surface area contributed by atoms with E-state index < -0.39 is 21.4 Å². The van der Waals surface area contributed by atoms with Gasteiger partial charge in [-0.05, 0) is 33.6 Å². The van der Waals surface area contributed by atoms with E-state index in [1.54, 1.807) is 6.92 Å². The zero-order valence-electron chi connectivity index (χ0n) is 14.4. The van der Waals surface area contributed by atoms with Crippen LogP contribution in [0.25, 0.3) is 0 Å². The molecule has 1 aliphatic rings. The van der Waals surface area contributed by atoms with E-state index >= 15 is 0 Å². The predicted octanol–water partition coefficient (Wildman–Crippen LogP) is 0.946. The number of hydrogen-bond acceptors (Lipinski definition) is 4. The minimum absolute atomic E-state index is 0.0251. The van der Waals surface area contributed by atoms with Crippen molar-refractivity contribution in [2.75, 3.05) is 12.0 Å². The van der Waals surface area contributed by atoms with Crippen LogP contribution < -0.4 is 16.0 Å². The van der Waals surface area contributed by atoms with Gasteiger partial charge < -0.3 is 16.0 Å². The lowest BCUT2D eigenvalue weighted by molar-refractivity contribution is -0.129. The molecule has 1 unspecified atom stereocenters. The number of carbonyl (C=O) groups excluding carboxylic acids is 2. The highest BCUT2D eigenvalue weighted by atomic mass is 32.2. The largest absolute Gasteiger partial charge is 0.351 e. The SMILES string of the molecule is CC(C)NC(=O)NC1(C(=O)NC(C)CS(C)(=O)=O)CCCCC1. The van der Waals surface area contributed by atoms with E-state index in [2.05, 4.69) is 16.0 Å². The topological polar surface area (TPSA) is 104 Å². The summed E-state index contributed by atoms with van der Waals surface area (Å²) in [7, 11) is -3.17. The maximum atomic E-state index is 12.7. The fraction of sp³-hybridized carbons (Fsp3) is 0.867. The van der Waals surface area contributed by atoms with Crippen LogP contribution in [0.4, 0.5) is 4.79 Å². The summed E-state index contributed by atoms with van der Waals surface area (Å²) in [5, 5.41) is 8.30. The molecule has 7 nitrogen and oxygen atoms in total. The van der Waals surface area contributed by atoms with Gasteiger partial charge in [-0.15, -0.1) is 0 Å². The summed E-state index contributed by atoms with van der Waals surface area (Å²) in [5.74, 6) is -0.417. The van der Waals surface area contributed by atoms with E-state index in [4.69, 9.17) is 0 Å². The van der Waals surface area contributed by atoms with E-state index in [9.17, 15) is 18.0 Å². The zero-order valence-corrected chi connectivity index (χ0v) is 15.3. The van der Waals surface area contributed by atoms with Gasteiger partial charge in [0.25, 0.3) is 0 Å². The van der Waals surface area contributed by atoms with Gasteiger partial charge in [0.2, 0.25) is 5.91 Å². The molecule has 0 saturated heterocycles. The summed E-state index contributed by atoms with van der Waals surface area (Å²) in [6.07, 6.45) is 5.01. The van der Waals surface area contributed by atoms with Crippen molar-refractivity contribution in [2.24, 2.45) is 0 Å². The van der Waals surface area contributed by atoms with Gasteiger partial charge in [-0.3, -0.25) is 4.79 Å². The third kappa shape index (κ3) is 6.76. The van der Waals surface area contributed by atoms with E-state index in [1.165, 1.54) is 0 Å². The van der Waals surface area contributed by atoms with Crippen molar-refractivity contribution < 1.29 is 18.0 Å². The van der Waals surface area contributed by atoms with Gasteiger partial charge in [0.1, 0.15) is 15.4 Å². The Morgan fingerprint density at radius 3 is 2.09 bits per heavy atom. The molecule has 1 fully saturated rings. The predicted molar refractivity (Wildman–Crippen MR) is 89.9 cm³/mol. The van der Waals surface area contributed by atoms with Crippen molar-refractivity contribution in [1.29, 1.82) is 0 Å². The second-order valence-electron chi connectivity index (χ2n) is 6.86. The first kappa shape index (κ1) is 19.7. The van der Waals surface area contributed by atoms with Crippen LogP contribution in [-0.2, 0) is 14.6 Å². The highest BCUT2D eigenvalue weighted by Crippen LogP contribution is 2.28. The highest BCUT2D eigenvalue weighted by Gasteiger charge is 2.41. The molecule has 0 bridgehead atoms. The molecule has 1 aliphatic carbocycles. The van der Waals surface area contributed by atoms with Crippen LogP contribution in [0.2, 0.25) is 0 Å². The van der Waals surface area contributed by atoms with E-state index in [1.807, 2.05) is 13.8 Å². The zero-order chi connectivity index (χ0) is 17.7. The summed E-state index contributed by atoms with van der Waals surface area (Å²) >= 11 is 0. The number of rotatable bonds is 6. The van der Waals surface area contributed by atoms with Gasteiger partial charge in [0, 0.05) is 18.3 Å². The third-order valence-corrected chi connectivity index (χ3v) is 4.95. The average Bonchev–Trinajstić information content (AvgIpc) is 2.35. The summed E-state index contributed by atoms with van der Waals surface area (Å²) in [4.78, 5) is 24.7. The molecule has 0 spiro atoms. The Hall–Kier alpha value is -1.31. The first-order valence-electron chi connectivity index (χ1n) is 8.11. The van der Waals surface area contributed by atoms with Crippen molar-refractivity contribution in [3.05, 3.63) is 0 Å². The molecule has 3 N–H and O–H groups in total.